The van der Waals surface area contributed by atoms with Gasteiger partial charge in [0.05, 0.1) is 26.0 Å². The molecule has 25 heavy (non-hydrogen) atoms. The number of carbonyl (C=O) groups excluding carboxylic acids is 1. The van der Waals surface area contributed by atoms with Gasteiger partial charge in [-0.2, -0.15) is 0 Å². The maximum atomic E-state index is 13.0. The van der Waals surface area contributed by atoms with E-state index < -0.39 is 0 Å². The van der Waals surface area contributed by atoms with Crippen molar-refractivity contribution in [3.63, 3.8) is 0 Å². The fourth-order valence-corrected chi connectivity index (χ4v) is 3.63. The molecule has 1 atom stereocenters. The smallest absolute Gasteiger partial charge is 0.254 e. The molecule has 1 amide bonds. The number of benzene rings is 1. The van der Waals surface area contributed by atoms with E-state index in [0.29, 0.717) is 19.3 Å². The van der Waals surface area contributed by atoms with E-state index in [1.165, 1.54) is 0 Å². The van der Waals surface area contributed by atoms with Crippen LogP contribution >= 0.6 is 0 Å². The number of amides is 1. The van der Waals surface area contributed by atoms with E-state index in [4.69, 9.17) is 9.47 Å². The Kier molecular flexibility index (Phi) is 5.81. The monoisotopic (exact) mass is 347 g/mol. The molecule has 0 spiro atoms. The first-order valence-corrected chi connectivity index (χ1v) is 9.14. The van der Waals surface area contributed by atoms with Crippen LogP contribution in [0.4, 0.5) is 5.69 Å². The molecular weight excluding hydrogens is 318 g/mol. The Balaban J connectivity index is 1.80. The average molecular weight is 347 g/mol. The lowest BCUT2D eigenvalue weighted by atomic mass is 10.1. The molecule has 2 saturated heterocycles. The number of carbonyl (C=O) groups is 1. The predicted octanol–water partition coefficient (Wildman–Crippen LogP) is 1.70. The first-order valence-electron chi connectivity index (χ1n) is 9.14. The summed E-state index contributed by atoms with van der Waals surface area (Å²) in [5, 5.41) is 0. The number of hydrogen-bond acceptors (Lipinski definition) is 5. The summed E-state index contributed by atoms with van der Waals surface area (Å²) in [5.74, 6) is 0.923. The molecule has 1 unspecified atom stereocenters. The lowest BCUT2D eigenvalue weighted by molar-refractivity contribution is 0.0542. The zero-order valence-corrected chi connectivity index (χ0v) is 15.5. The van der Waals surface area contributed by atoms with Gasteiger partial charge >= 0.3 is 0 Å². The third-order valence-corrected chi connectivity index (χ3v) is 5.31. The minimum absolute atomic E-state index is 0.115. The number of hydrogen-bond donors (Lipinski definition) is 0. The van der Waals surface area contributed by atoms with Gasteiger partial charge in [0.15, 0.2) is 0 Å². The average Bonchev–Trinajstić information content (AvgIpc) is 2.68. The van der Waals surface area contributed by atoms with Crippen LogP contribution in [0.25, 0.3) is 0 Å². The SMILES string of the molecule is CCC1CN(C(=O)c2ccc(OC)c(N3CCOCC3)c2)CCN1C. The van der Waals surface area contributed by atoms with Gasteiger partial charge in [0.25, 0.3) is 5.91 Å². The largest absolute Gasteiger partial charge is 0.495 e. The number of nitrogens with zero attached hydrogens (tertiary/aromatic N) is 3. The molecule has 138 valence electrons. The second-order valence-electron chi connectivity index (χ2n) is 6.78. The van der Waals surface area contributed by atoms with Crippen LogP contribution in [0.5, 0.6) is 5.75 Å². The molecule has 3 rings (SSSR count). The minimum Gasteiger partial charge on any atom is -0.495 e. The molecular formula is C19H29N3O3. The first kappa shape index (κ1) is 18.0. The van der Waals surface area contributed by atoms with Gasteiger partial charge in [-0.3, -0.25) is 9.69 Å². The summed E-state index contributed by atoms with van der Waals surface area (Å²) in [6.45, 7) is 7.74. The number of methoxy groups -OCH3 is 1. The quantitative estimate of drug-likeness (QED) is 0.830. The number of rotatable bonds is 4. The van der Waals surface area contributed by atoms with Gasteiger partial charge in [0.2, 0.25) is 0 Å². The van der Waals surface area contributed by atoms with Crippen LogP contribution in [0.2, 0.25) is 0 Å². The lowest BCUT2D eigenvalue weighted by Gasteiger charge is -2.39. The highest BCUT2D eigenvalue weighted by Crippen LogP contribution is 2.30. The summed E-state index contributed by atoms with van der Waals surface area (Å²) in [6.07, 6.45) is 1.06. The Bertz CT molecular complexity index is 602. The van der Waals surface area contributed by atoms with Crippen LogP contribution in [0.3, 0.4) is 0 Å². The van der Waals surface area contributed by atoms with Crippen LogP contribution in [-0.2, 0) is 4.74 Å². The van der Waals surface area contributed by atoms with Crippen LogP contribution in [0.15, 0.2) is 18.2 Å². The number of morpholine rings is 1. The number of piperazine rings is 1. The molecule has 0 radical (unpaired) electrons. The molecule has 0 saturated carbocycles. The summed E-state index contributed by atoms with van der Waals surface area (Å²) in [7, 11) is 3.81. The fraction of sp³-hybridized carbons (Fsp3) is 0.632. The lowest BCUT2D eigenvalue weighted by Crippen LogP contribution is -2.53. The predicted molar refractivity (Wildman–Crippen MR) is 98.6 cm³/mol. The number of likely N-dealkylation sites (N-methyl/N-ethyl adjacent to an activating group) is 1. The molecule has 0 bridgehead atoms. The van der Waals surface area contributed by atoms with Crippen molar-refractivity contribution in [3.8, 4) is 5.75 Å². The standard InChI is InChI=1S/C19H29N3O3/c1-4-16-14-22(8-7-20(16)2)19(23)15-5-6-18(24-3)17(13-15)21-9-11-25-12-10-21/h5-6,13,16H,4,7-12,14H2,1-3H3. The minimum atomic E-state index is 0.115. The summed E-state index contributed by atoms with van der Waals surface area (Å²) in [4.78, 5) is 19.6. The van der Waals surface area contributed by atoms with Gasteiger partial charge in [0.1, 0.15) is 5.75 Å². The molecule has 6 heteroatoms. The molecule has 1 aromatic carbocycles. The molecule has 1 aromatic rings. The van der Waals surface area contributed by atoms with E-state index in [-0.39, 0.29) is 5.91 Å². The normalized spacial score (nSPS) is 22.1. The van der Waals surface area contributed by atoms with Gasteiger partial charge in [-0.25, -0.2) is 0 Å². The Morgan fingerprint density at radius 1 is 1.24 bits per heavy atom. The topological polar surface area (TPSA) is 45.3 Å². The van der Waals surface area contributed by atoms with E-state index in [1.54, 1.807) is 7.11 Å². The van der Waals surface area contributed by atoms with Gasteiger partial charge in [-0.1, -0.05) is 6.92 Å². The van der Waals surface area contributed by atoms with E-state index in [0.717, 1.165) is 56.1 Å². The van der Waals surface area contributed by atoms with Crippen molar-refractivity contribution in [3.05, 3.63) is 23.8 Å². The third kappa shape index (κ3) is 3.90. The van der Waals surface area contributed by atoms with E-state index in [2.05, 4.69) is 23.8 Å². The van der Waals surface area contributed by atoms with Crippen molar-refractivity contribution >= 4 is 11.6 Å². The van der Waals surface area contributed by atoms with E-state index >= 15 is 0 Å². The maximum Gasteiger partial charge on any atom is 0.254 e. The van der Waals surface area contributed by atoms with Gasteiger partial charge in [-0.05, 0) is 31.7 Å². The Labute approximate surface area is 150 Å². The Morgan fingerprint density at radius 3 is 2.68 bits per heavy atom. The van der Waals surface area contributed by atoms with Gasteiger partial charge in [0, 0.05) is 44.3 Å². The Hall–Kier alpha value is -1.79. The maximum absolute atomic E-state index is 13.0. The van der Waals surface area contributed by atoms with E-state index in [1.807, 2.05) is 23.1 Å². The fourth-order valence-electron chi connectivity index (χ4n) is 3.63. The summed E-state index contributed by atoms with van der Waals surface area (Å²) in [5.41, 5.74) is 1.72. The van der Waals surface area contributed by atoms with Crippen LogP contribution in [0.1, 0.15) is 23.7 Å². The van der Waals surface area contributed by atoms with Crippen molar-refractivity contribution in [1.82, 2.24) is 9.80 Å². The van der Waals surface area contributed by atoms with Gasteiger partial charge in [-0.15, -0.1) is 0 Å². The molecule has 2 fully saturated rings. The number of anilines is 1. The molecule has 0 N–H and O–H groups in total. The summed E-state index contributed by atoms with van der Waals surface area (Å²) < 4.78 is 11.0. The van der Waals surface area contributed by atoms with E-state index in [9.17, 15) is 4.79 Å². The molecule has 0 aromatic heterocycles. The molecule has 6 nitrogen and oxygen atoms in total. The zero-order valence-electron chi connectivity index (χ0n) is 15.5. The van der Waals surface area contributed by atoms with Crippen LogP contribution in [0, 0.1) is 0 Å². The van der Waals surface area contributed by atoms with Crippen LogP contribution in [-0.4, -0.2) is 81.8 Å². The van der Waals surface area contributed by atoms with Crippen molar-refractivity contribution < 1.29 is 14.3 Å². The molecule has 2 heterocycles. The van der Waals surface area contributed by atoms with Crippen molar-refractivity contribution in [2.75, 3.05) is 65.0 Å². The highest BCUT2D eigenvalue weighted by Gasteiger charge is 2.27. The molecule has 2 aliphatic rings. The van der Waals surface area contributed by atoms with Crippen molar-refractivity contribution in [2.24, 2.45) is 0 Å². The zero-order chi connectivity index (χ0) is 17.8. The summed E-state index contributed by atoms with van der Waals surface area (Å²) in [6, 6.07) is 6.20. The first-order chi connectivity index (χ1) is 12.1. The third-order valence-electron chi connectivity index (χ3n) is 5.31. The second kappa shape index (κ2) is 8.06. The molecule has 0 aliphatic carbocycles. The Morgan fingerprint density at radius 2 is 2.00 bits per heavy atom. The highest BCUT2D eigenvalue weighted by molar-refractivity contribution is 5.95. The second-order valence-corrected chi connectivity index (χ2v) is 6.78. The highest BCUT2D eigenvalue weighted by atomic mass is 16.5. The van der Waals surface area contributed by atoms with Gasteiger partial charge < -0.3 is 19.3 Å². The van der Waals surface area contributed by atoms with Crippen LogP contribution < -0.4 is 9.64 Å². The molecule has 2 aliphatic heterocycles. The van der Waals surface area contributed by atoms with Crippen molar-refractivity contribution in [2.45, 2.75) is 19.4 Å². The number of ether oxygens (including phenoxy) is 2. The summed E-state index contributed by atoms with van der Waals surface area (Å²) >= 11 is 0. The van der Waals surface area contributed by atoms with Crippen molar-refractivity contribution in [1.29, 1.82) is 0 Å².